The number of aromatic nitrogens is 3. The van der Waals surface area contributed by atoms with Gasteiger partial charge in [0.05, 0.1) is 26.4 Å². The molecule has 0 fully saturated rings. The monoisotopic (exact) mass is 557 g/mol. The molecule has 0 saturated carbocycles. The number of fused-ring (bicyclic) bond motifs is 1. The van der Waals surface area contributed by atoms with E-state index in [1.165, 1.54) is 24.3 Å². The molecule has 0 atom stereocenters. The van der Waals surface area contributed by atoms with Crippen LogP contribution in [0.2, 0.25) is 0 Å². The standard InChI is InChI=1S/C27H30F3N7O3/c28-27(29,30)40-23-9-5-19(6-10-23)18-33-25-35-24(32-12-14-39-16-15-38-13-11-31)36-26(37-25)34-22-8-7-20-3-1-2-4-21(20)17-22/h1-10,17H,11-16,18,31H2,(H3,32,33,34,35,36,37). The molecule has 3 aromatic carbocycles. The van der Waals surface area contributed by atoms with E-state index in [1.54, 1.807) is 0 Å². The number of halogens is 3. The Morgan fingerprint density at radius 2 is 1.40 bits per heavy atom. The summed E-state index contributed by atoms with van der Waals surface area (Å²) in [4.78, 5) is 13.3. The van der Waals surface area contributed by atoms with Crippen molar-refractivity contribution < 1.29 is 27.4 Å². The molecule has 5 N–H and O–H groups in total. The highest BCUT2D eigenvalue weighted by Gasteiger charge is 2.30. The van der Waals surface area contributed by atoms with E-state index in [9.17, 15) is 13.2 Å². The lowest BCUT2D eigenvalue weighted by molar-refractivity contribution is -0.274. The van der Waals surface area contributed by atoms with Crippen LogP contribution in [0.3, 0.4) is 0 Å². The molecule has 0 amide bonds. The van der Waals surface area contributed by atoms with E-state index in [0.29, 0.717) is 57.0 Å². The highest BCUT2D eigenvalue weighted by atomic mass is 19.4. The van der Waals surface area contributed by atoms with E-state index in [4.69, 9.17) is 15.2 Å². The van der Waals surface area contributed by atoms with Gasteiger partial charge >= 0.3 is 6.36 Å². The Morgan fingerprint density at radius 1 is 0.725 bits per heavy atom. The highest BCUT2D eigenvalue weighted by molar-refractivity contribution is 5.86. The minimum atomic E-state index is -4.74. The summed E-state index contributed by atoms with van der Waals surface area (Å²) >= 11 is 0. The molecule has 40 heavy (non-hydrogen) atoms. The van der Waals surface area contributed by atoms with Gasteiger partial charge in [-0.05, 0) is 40.6 Å². The predicted octanol–water partition coefficient (Wildman–Crippen LogP) is 4.68. The third-order valence-electron chi connectivity index (χ3n) is 5.41. The maximum absolute atomic E-state index is 12.4. The summed E-state index contributed by atoms with van der Waals surface area (Å²) < 4.78 is 52.0. The van der Waals surface area contributed by atoms with Crippen LogP contribution in [0, 0.1) is 0 Å². The second-order valence-corrected chi connectivity index (χ2v) is 8.48. The van der Waals surface area contributed by atoms with Crippen molar-refractivity contribution in [3.8, 4) is 5.75 Å². The maximum Gasteiger partial charge on any atom is 0.573 e. The molecular formula is C27H30F3N7O3. The summed E-state index contributed by atoms with van der Waals surface area (Å²) in [6.45, 7) is 2.95. The molecule has 4 rings (SSSR count). The second-order valence-electron chi connectivity index (χ2n) is 8.48. The summed E-state index contributed by atoms with van der Waals surface area (Å²) in [7, 11) is 0. The third kappa shape index (κ3) is 9.52. The quantitative estimate of drug-likeness (QED) is 0.153. The molecule has 212 valence electrons. The molecule has 0 aliphatic heterocycles. The Labute approximate surface area is 229 Å². The molecule has 1 heterocycles. The Morgan fingerprint density at radius 3 is 2.12 bits per heavy atom. The Hall–Kier alpha value is -4.20. The molecule has 4 aromatic rings. The molecule has 1 aromatic heterocycles. The maximum atomic E-state index is 12.4. The minimum Gasteiger partial charge on any atom is -0.406 e. The molecule has 10 nitrogen and oxygen atoms in total. The smallest absolute Gasteiger partial charge is 0.406 e. The molecule has 0 bridgehead atoms. The first kappa shape index (κ1) is 28.8. The first-order valence-corrected chi connectivity index (χ1v) is 12.6. The fourth-order valence-electron chi connectivity index (χ4n) is 3.62. The Bertz CT molecular complexity index is 1360. The first-order valence-electron chi connectivity index (χ1n) is 12.6. The van der Waals surface area contributed by atoms with Gasteiger partial charge in [-0.15, -0.1) is 13.2 Å². The van der Waals surface area contributed by atoms with E-state index in [0.717, 1.165) is 16.5 Å². The van der Waals surface area contributed by atoms with Gasteiger partial charge in [-0.3, -0.25) is 0 Å². The summed E-state index contributed by atoms with van der Waals surface area (Å²) in [5.41, 5.74) is 6.89. The summed E-state index contributed by atoms with van der Waals surface area (Å²) in [5, 5.41) is 11.6. The van der Waals surface area contributed by atoms with Crippen LogP contribution in [0.5, 0.6) is 5.75 Å². The molecule has 0 radical (unpaired) electrons. The summed E-state index contributed by atoms with van der Waals surface area (Å²) in [6, 6.07) is 19.4. The molecule has 0 spiro atoms. The fraction of sp³-hybridized carbons (Fsp3) is 0.296. The zero-order chi connectivity index (χ0) is 28.2. The van der Waals surface area contributed by atoms with Crippen molar-refractivity contribution in [2.45, 2.75) is 12.9 Å². The molecule has 0 aliphatic carbocycles. The van der Waals surface area contributed by atoms with Crippen LogP contribution in [0.25, 0.3) is 10.8 Å². The van der Waals surface area contributed by atoms with E-state index in [-0.39, 0.29) is 18.2 Å². The molecular weight excluding hydrogens is 527 g/mol. The lowest BCUT2D eigenvalue weighted by atomic mass is 10.1. The van der Waals surface area contributed by atoms with Crippen LogP contribution in [-0.4, -0.2) is 60.8 Å². The van der Waals surface area contributed by atoms with Gasteiger partial charge in [0.1, 0.15) is 5.75 Å². The van der Waals surface area contributed by atoms with E-state index >= 15 is 0 Å². The third-order valence-corrected chi connectivity index (χ3v) is 5.41. The largest absolute Gasteiger partial charge is 0.573 e. The average Bonchev–Trinajstić information content (AvgIpc) is 2.93. The zero-order valence-corrected chi connectivity index (χ0v) is 21.6. The van der Waals surface area contributed by atoms with E-state index < -0.39 is 6.36 Å². The van der Waals surface area contributed by atoms with Crippen molar-refractivity contribution in [2.75, 3.05) is 55.5 Å². The number of nitrogens with one attached hydrogen (secondary N) is 3. The number of anilines is 4. The molecule has 13 heteroatoms. The van der Waals surface area contributed by atoms with Crippen LogP contribution in [0.4, 0.5) is 36.7 Å². The number of benzene rings is 3. The number of alkyl halides is 3. The lowest BCUT2D eigenvalue weighted by Gasteiger charge is -2.13. The van der Waals surface area contributed by atoms with Crippen LogP contribution < -0.4 is 26.4 Å². The predicted molar refractivity (Wildman–Crippen MR) is 147 cm³/mol. The Balaban J connectivity index is 1.42. The summed E-state index contributed by atoms with van der Waals surface area (Å²) in [6.07, 6.45) is -4.74. The topological polar surface area (TPSA) is 128 Å². The van der Waals surface area contributed by atoms with Gasteiger partial charge in [-0.2, -0.15) is 15.0 Å². The fourth-order valence-corrected chi connectivity index (χ4v) is 3.62. The van der Waals surface area contributed by atoms with Crippen LogP contribution in [0.1, 0.15) is 5.56 Å². The molecule has 0 unspecified atom stereocenters. The average molecular weight is 558 g/mol. The summed E-state index contributed by atoms with van der Waals surface area (Å²) in [5.74, 6) is 0.600. The van der Waals surface area contributed by atoms with E-state index in [1.807, 2.05) is 42.5 Å². The highest BCUT2D eigenvalue weighted by Crippen LogP contribution is 2.24. The molecule has 0 aliphatic rings. The number of hydrogen-bond acceptors (Lipinski definition) is 10. The van der Waals surface area contributed by atoms with Crippen molar-refractivity contribution in [1.29, 1.82) is 0 Å². The SMILES string of the molecule is NCCOCCOCCNc1nc(NCc2ccc(OC(F)(F)F)cc2)nc(Nc2ccc3ccccc3c2)n1. The number of hydrogen-bond donors (Lipinski definition) is 4. The van der Waals surface area contributed by atoms with Gasteiger partial charge in [0.2, 0.25) is 17.8 Å². The number of ether oxygens (including phenoxy) is 3. The van der Waals surface area contributed by atoms with Gasteiger partial charge in [0.15, 0.2) is 0 Å². The van der Waals surface area contributed by atoms with Crippen molar-refractivity contribution >= 4 is 34.3 Å². The second kappa shape index (κ2) is 14.3. The normalized spacial score (nSPS) is 11.4. The van der Waals surface area contributed by atoms with Crippen molar-refractivity contribution in [2.24, 2.45) is 5.73 Å². The Kier molecular flexibility index (Phi) is 10.3. The van der Waals surface area contributed by atoms with Crippen molar-refractivity contribution in [1.82, 2.24) is 15.0 Å². The van der Waals surface area contributed by atoms with Gasteiger partial charge in [-0.25, -0.2) is 0 Å². The van der Waals surface area contributed by atoms with Crippen LogP contribution in [-0.2, 0) is 16.0 Å². The number of nitrogens with two attached hydrogens (primary N) is 1. The number of rotatable bonds is 15. The van der Waals surface area contributed by atoms with Gasteiger partial charge in [0, 0.05) is 25.3 Å². The zero-order valence-electron chi connectivity index (χ0n) is 21.6. The van der Waals surface area contributed by atoms with Gasteiger partial charge in [-0.1, -0.05) is 42.5 Å². The van der Waals surface area contributed by atoms with Gasteiger partial charge < -0.3 is 35.9 Å². The van der Waals surface area contributed by atoms with Gasteiger partial charge in [0.25, 0.3) is 0 Å². The minimum absolute atomic E-state index is 0.261. The van der Waals surface area contributed by atoms with Crippen molar-refractivity contribution in [3.63, 3.8) is 0 Å². The lowest BCUT2D eigenvalue weighted by Crippen LogP contribution is -2.17. The van der Waals surface area contributed by atoms with Crippen molar-refractivity contribution in [3.05, 3.63) is 72.3 Å². The first-order chi connectivity index (χ1) is 19.4. The van der Waals surface area contributed by atoms with Crippen LogP contribution in [0.15, 0.2) is 66.7 Å². The molecule has 0 saturated heterocycles. The number of nitrogens with zero attached hydrogens (tertiary/aromatic N) is 3. The van der Waals surface area contributed by atoms with E-state index in [2.05, 4.69) is 35.6 Å². The van der Waals surface area contributed by atoms with Crippen LogP contribution >= 0.6 is 0 Å².